The lowest BCUT2D eigenvalue weighted by Crippen LogP contribution is -2.18. The smallest absolute Gasteiger partial charge is 0.251 e. The van der Waals surface area contributed by atoms with Crippen LogP contribution in [0.5, 0.6) is 0 Å². The van der Waals surface area contributed by atoms with Crippen molar-refractivity contribution in [3.05, 3.63) is 28.2 Å². The second-order valence-corrected chi connectivity index (χ2v) is 5.74. The van der Waals surface area contributed by atoms with Crippen molar-refractivity contribution in [3.63, 3.8) is 0 Å². The Morgan fingerprint density at radius 3 is 2.47 bits per heavy atom. The molecule has 2 aromatic rings. The number of aromatic nitrogens is 3. The topological polar surface area (TPSA) is 81.9 Å². The van der Waals surface area contributed by atoms with Crippen molar-refractivity contribution in [2.45, 2.75) is 12.1 Å². The zero-order valence-electron chi connectivity index (χ0n) is 9.63. The molecule has 0 radical (unpaired) electrons. The minimum absolute atomic E-state index is 0.241. The third-order valence-corrected chi connectivity index (χ3v) is 3.31. The summed E-state index contributed by atoms with van der Waals surface area (Å²) in [5.74, 6) is 0. The van der Waals surface area contributed by atoms with Crippen LogP contribution >= 0.6 is 0 Å². The van der Waals surface area contributed by atoms with Gasteiger partial charge >= 0.3 is 0 Å². The van der Waals surface area contributed by atoms with Gasteiger partial charge < -0.3 is 0 Å². The predicted octanol–water partition coefficient (Wildman–Crippen LogP) is 0.0404. The lowest BCUT2D eigenvalue weighted by atomic mass is 10.2. The predicted molar refractivity (Wildman–Crippen MR) is 62.6 cm³/mol. The van der Waals surface area contributed by atoms with E-state index in [1.165, 1.54) is 10.6 Å². The second kappa shape index (κ2) is 3.63. The highest BCUT2D eigenvalue weighted by molar-refractivity contribution is 7.90. The number of fused-ring (bicyclic) bond motifs is 1. The summed E-state index contributed by atoms with van der Waals surface area (Å²) in [4.78, 5) is 19.3. The summed E-state index contributed by atoms with van der Waals surface area (Å²) in [5, 5.41) is 0.406. The molecule has 0 bridgehead atoms. The van der Waals surface area contributed by atoms with Crippen molar-refractivity contribution in [1.82, 2.24) is 14.5 Å². The van der Waals surface area contributed by atoms with Gasteiger partial charge in [-0.3, -0.25) is 9.36 Å². The number of hydrogen-bond donors (Lipinski definition) is 0. The average molecular weight is 253 g/mol. The first kappa shape index (κ1) is 11.7. The fourth-order valence-electron chi connectivity index (χ4n) is 1.53. The highest BCUT2D eigenvalue weighted by Gasteiger charge is 2.15. The summed E-state index contributed by atoms with van der Waals surface area (Å²) in [5.41, 5.74) is 0.617. The molecule has 7 heteroatoms. The molecule has 2 rings (SSSR count). The molecule has 2 aromatic heterocycles. The molecule has 17 heavy (non-hydrogen) atoms. The van der Waals surface area contributed by atoms with Crippen LogP contribution in [0.2, 0.25) is 0 Å². The van der Waals surface area contributed by atoms with E-state index >= 15 is 0 Å². The highest BCUT2D eigenvalue weighted by atomic mass is 32.2. The maximum atomic E-state index is 11.5. The third kappa shape index (κ3) is 1.93. The van der Waals surface area contributed by atoms with Gasteiger partial charge in [0.15, 0.2) is 0 Å². The Morgan fingerprint density at radius 1 is 1.24 bits per heavy atom. The van der Waals surface area contributed by atoms with E-state index in [4.69, 9.17) is 0 Å². The van der Waals surface area contributed by atoms with Gasteiger partial charge in [0.1, 0.15) is 5.65 Å². The van der Waals surface area contributed by atoms with Crippen LogP contribution in [0.3, 0.4) is 0 Å². The Labute approximate surface area is 97.9 Å². The van der Waals surface area contributed by atoms with E-state index in [-0.39, 0.29) is 10.7 Å². The Hall–Kier alpha value is -1.76. The monoisotopic (exact) mass is 253 g/mol. The second-order valence-electron chi connectivity index (χ2n) is 3.83. The van der Waals surface area contributed by atoms with Gasteiger partial charge in [-0.25, -0.2) is 13.4 Å². The molecular weight excluding hydrogens is 242 g/mol. The van der Waals surface area contributed by atoms with Crippen LogP contribution in [-0.4, -0.2) is 29.2 Å². The first-order valence-electron chi connectivity index (χ1n) is 4.85. The van der Waals surface area contributed by atoms with Crippen LogP contribution in [0.15, 0.2) is 22.1 Å². The van der Waals surface area contributed by atoms with Crippen molar-refractivity contribution >= 4 is 20.9 Å². The van der Waals surface area contributed by atoms with Crippen molar-refractivity contribution in [2.75, 3.05) is 6.26 Å². The van der Waals surface area contributed by atoms with E-state index in [0.717, 1.165) is 6.26 Å². The van der Waals surface area contributed by atoms with E-state index in [1.807, 2.05) is 0 Å². The van der Waals surface area contributed by atoms with Crippen LogP contribution in [0.1, 0.15) is 5.69 Å². The van der Waals surface area contributed by atoms with Gasteiger partial charge in [-0.15, -0.1) is 0 Å². The van der Waals surface area contributed by atoms with Crippen molar-refractivity contribution < 1.29 is 8.42 Å². The van der Waals surface area contributed by atoms with Gasteiger partial charge in [0.2, 0.25) is 15.0 Å². The number of pyridine rings is 1. The minimum atomic E-state index is -3.48. The molecule has 0 unspecified atom stereocenters. The number of nitrogens with zero attached hydrogens (tertiary/aromatic N) is 3. The molecule has 6 nitrogen and oxygen atoms in total. The van der Waals surface area contributed by atoms with E-state index in [2.05, 4.69) is 9.97 Å². The fourth-order valence-corrected chi connectivity index (χ4v) is 2.08. The van der Waals surface area contributed by atoms with E-state index in [0.29, 0.717) is 16.7 Å². The van der Waals surface area contributed by atoms with Gasteiger partial charge in [0.25, 0.3) is 5.56 Å². The van der Waals surface area contributed by atoms with E-state index < -0.39 is 9.84 Å². The lowest BCUT2D eigenvalue weighted by molar-refractivity contribution is 0.592. The molecule has 0 atom stereocenters. The van der Waals surface area contributed by atoms with Crippen LogP contribution in [0.4, 0.5) is 0 Å². The normalized spacial score (nSPS) is 11.9. The van der Waals surface area contributed by atoms with E-state index in [9.17, 15) is 13.2 Å². The van der Waals surface area contributed by atoms with Gasteiger partial charge in [0, 0.05) is 24.8 Å². The Balaban J connectivity index is 2.99. The van der Waals surface area contributed by atoms with Gasteiger partial charge in [-0.05, 0) is 13.0 Å². The Bertz CT molecular complexity index is 762. The SMILES string of the molecule is Cc1nc(S(C)(=O)=O)nc2c1ccc(=O)n2C. The van der Waals surface area contributed by atoms with Gasteiger partial charge in [0.05, 0.1) is 5.69 Å². The molecule has 0 saturated heterocycles. The quantitative estimate of drug-likeness (QED) is 0.670. The molecule has 0 saturated carbocycles. The third-order valence-electron chi connectivity index (χ3n) is 2.47. The first-order valence-corrected chi connectivity index (χ1v) is 6.74. The van der Waals surface area contributed by atoms with Crippen molar-refractivity contribution in [3.8, 4) is 0 Å². The minimum Gasteiger partial charge on any atom is -0.296 e. The summed E-state index contributed by atoms with van der Waals surface area (Å²) in [7, 11) is -1.94. The number of sulfone groups is 1. The van der Waals surface area contributed by atoms with Crippen LogP contribution in [0.25, 0.3) is 11.0 Å². The summed E-state index contributed by atoms with van der Waals surface area (Å²) in [6.45, 7) is 1.68. The number of rotatable bonds is 1. The molecule has 0 N–H and O–H groups in total. The maximum Gasteiger partial charge on any atom is 0.251 e. The molecule has 0 spiro atoms. The summed E-state index contributed by atoms with van der Waals surface area (Å²) >= 11 is 0. The Kier molecular flexibility index (Phi) is 2.50. The molecule has 0 aliphatic heterocycles. The molecular formula is C10H11N3O3S. The zero-order chi connectivity index (χ0) is 12.8. The summed E-state index contributed by atoms with van der Waals surface area (Å²) in [6.07, 6.45) is 1.04. The zero-order valence-corrected chi connectivity index (χ0v) is 10.4. The molecule has 0 fully saturated rings. The average Bonchev–Trinajstić information content (AvgIpc) is 2.22. The largest absolute Gasteiger partial charge is 0.296 e. The fraction of sp³-hybridized carbons (Fsp3) is 0.300. The van der Waals surface area contributed by atoms with E-state index in [1.54, 1.807) is 20.0 Å². The number of hydrogen-bond acceptors (Lipinski definition) is 5. The van der Waals surface area contributed by atoms with Gasteiger partial charge in [-0.1, -0.05) is 0 Å². The molecule has 0 amide bonds. The van der Waals surface area contributed by atoms with Crippen LogP contribution in [0, 0.1) is 6.92 Å². The maximum absolute atomic E-state index is 11.5. The standard InChI is InChI=1S/C10H11N3O3S/c1-6-7-4-5-8(14)13(2)9(7)12-10(11-6)17(3,15)16/h4-5H,1-3H3. The van der Waals surface area contributed by atoms with Crippen LogP contribution in [-0.2, 0) is 16.9 Å². The summed E-state index contributed by atoms with van der Waals surface area (Å²) < 4.78 is 24.1. The summed E-state index contributed by atoms with van der Waals surface area (Å²) in [6, 6.07) is 3.00. The van der Waals surface area contributed by atoms with Crippen LogP contribution < -0.4 is 5.56 Å². The lowest BCUT2D eigenvalue weighted by Gasteiger charge is -2.07. The first-order chi connectivity index (χ1) is 7.80. The molecule has 2 heterocycles. The number of aryl methyl sites for hydroxylation is 2. The molecule has 90 valence electrons. The van der Waals surface area contributed by atoms with Crippen molar-refractivity contribution in [2.24, 2.45) is 7.05 Å². The molecule has 0 aliphatic rings. The Morgan fingerprint density at radius 2 is 1.88 bits per heavy atom. The van der Waals surface area contributed by atoms with Gasteiger partial charge in [-0.2, -0.15) is 4.98 Å². The molecule has 0 aliphatic carbocycles. The molecule has 0 aromatic carbocycles. The highest BCUT2D eigenvalue weighted by Crippen LogP contribution is 2.14. The van der Waals surface area contributed by atoms with Crippen molar-refractivity contribution in [1.29, 1.82) is 0 Å².